The number of carbonyl (C=O) groups excluding carboxylic acids is 1. The van der Waals surface area contributed by atoms with E-state index in [1.165, 1.54) is 14.1 Å². The van der Waals surface area contributed by atoms with E-state index >= 15 is 0 Å². The van der Waals surface area contributed by atoms with Crippen LogP contribution in [-0.2, 0) is 4.74 Å². The fourth-order valence-electron chi connectivity index (χ4n) is 3.47. The van der Waals surface area contributed by atoms with Crippen molar-refractivity contribution in [2.24, 2.45) is 0 Å². The number of anilines is 1. The second kappa shape index (κ2) is 8.27. The van der Waals surface area contributed by atoms with E-state index < -0.39 is 47.8 Å². The molecule has 1 aliphatic carbocycles. The zero-order valence-electron chi connectivity index (χ0n) is 17.0. The summed E-state index contributed by atoms with van der Waals surface area (Å²) in [4.78, 5) is 18.4. The first kappa shape index (κ1) is 23.1. The van der Waals surface area contributed by atoms with Crippen molar-refractivity contribution in [2.45, 2.75) is 63.6 Å². The molecular weight excluding hydrogens is 409 g/mol. The monoisotopic (exact) mass is 432 g/mol. The van der Waals surface area contributed by atoms with Gasteiger partial charge in [0.05, 0.1) is 11.6 Å². The molecule has 1 saturated carbocycles. The third-order valence-electron chi connectivity index (χ3n) is 4.77. The zero-order valence-corrected chi connectivity index (χ0v) is 17.7. The number of hydrogen-bond donors (Lipinski definition) is 0. The molecule has 29 heavy (non-hydrogen) atoms. The van der Waals surface area contributed by atoms with E-state index in [0.29, 0.717) is 0 Å². The summed E-state index contributed by atoms with van der Waals surface area (Å²) in [6.45, 7) is 5.03. The van der Waals surface area contributed by atoms with Crippen molar-refractivity contribution in [3.05, 3.63) is 22.6 Å². The van der Waals surface area contributed by atoms with Gasteiger partial charge in [-0.15, -0.1) is 0 Å². The molecule has 2 atom stereocenters. The second-order valence-electron chi connectivity index (χ2n) is 8.11. The molecule has 1 fully saturated rings. The van der Waals surface area contributed by atoms with E-state index in [-0.39, 0.29) is 23.6 Å². The number of halogens is 4. The number of pyridine rings is 1. The number of ether oxygens (including phenoxy) is 1. The highest BCUT2D eigenvalue weighted by atomic mass is 35.5. The van der Waals surface area contributed by atoms with Gasteiger partial charge in [-0.25, -0.2) is 22.9 Å². The summed E-state index contributed by atoms with van der Waals surface area (Å²) in [5.74, 6) is -4.58. The van der Waals surface area contributed by atoms with Gasteiger partial charge in [0.1, 0.15) is 22.9 Å². The molecule has 10 heteroatoms. The fourth-order valence-corrected chi connectivity index (χ4v) is 3.64. The quantitative estimate of drug-likeness (QED) is 0.652. The number of likely N-dealkylation sites (N-methyl/N-ethyl adjacent to an activating group) is 2. The first-order chi connectivity index (χ1) is 13.3. The summed E-state index contributed by atoms with van der Waals surface area (Å²) < 4.78 is 49.7. The molecular formula is C19H24ClF3N4O2. The van der Waals surface area contributed by atoms with Crippen LogP contribution >= 0.6 is 11.6 Å². The van der Waals surface area contributed by atoms with Crippen molar-refractivity contribution in [3.8, 4) is 6.07 Å². The topological polar surface area (TPSA) is 69.5 Å². The predicted octanol–water partition coefficient (Wildman–Crippen LogP) is 4.61. The van der Waals surface area contributed by atoms with Crippen LogP contribution in [0.5, 0.6) is 0 Å². The van der Waals surface area contributed by atoms with Crippen molar-refractivity contribution in [1.29, 1.82) is 5.26 Å². The molecule has 0 aliphatic heterocycles. The number of aromatic nitrogens is 1. The maximum Gasteiger partial charge on any atom is 0.410 e. The standard InChI is InChI=1S/C19H24ClF3N4O2/c1-18(2,3)29-17(28)26(4)13-7-6-8-19(22,23)14(13)27(5)16-12(21)9-11(10-24)15(20)25-16/h9,13-14H,6-8H2,1-5H3. The summed E-state index contributed by atoms with van der Waals surface area (Å²) >= 11 is 5.88. The minimum atomic E-state index is -3.22. The molecule has 2 rings (SSSR count). The third-order valence-corrected chi connectivity index (χ3v) is 5.06. The normalized spacial score (nSPS) is 21.2. The van der Waals surface area contributed by atoms with Gasteiger partial charge in [-0.1, -0.05) is 11.6 Å². The van der Waals surface area contributed by atoms with Crippen LogP contribution in [0.1, 0.15) is 45.6 Å². The summed E-state index contributed by atoms with van der Waals surface area (Å²) in [5, 5.41) is 8.65. The van der Waals surface area contributed by atoms with E-state index in [4.69, 9.17) is 21.6 Å². The van der Waals surface area contributed by atoms with Crippen LogP contribution in [0.25, 0.3) is 0 Å². The molecule has 0 bridgehead atoms. The Balaban J connectivity index is 2.43. The average molecular weight is 433 g/mol. The summed E-state index contributed by atoms with van der Waals surface area (Å²) in [6.07, 6.45) is -0.679. The van der Waals surface area contributed by atoms with Gasteiger partial charge in [-0.05, 0) is 39.7 Å². The smallest absolute Gasteiger partial charge is 0.410 e. The number of hydrogen-bond acceptors (Lipinski definition) is 5. The van der Waals surface area contributed by atoms with E-state index in [1.807, 2.05) is 0 Å². The number of amides is 1. The van der Waals surface area contributed by atoms with Gasteiger partial charge in [-0.2, -0.15) is 5.26 Å². The molecule has 1 aromatic heterocycles. The number of nitrogens with zero attached hydrogens (tertiary/aromatic N) is 4. The first-order valence-corrected chi connectivity index (χ1v) is 9.49. The zero-order chi connectivity index (χ0) is 22.1. The Bertz CT molecular complexity index is 823. The maximum atomic E-state index is 14.9. The Morgan fingerprint density at radius 1 is 1.41 bits per heavy atom. The molecule has 0 radical (unpaired) electrons. The SMILES string of the molecule is CN(C(=O)OC(C)(C)C)C1CCCC(F)(F)C1N(C)c1nc(Cl)c(C#N)cc1F. The summed E-state index contributed by atoms with van der Waals surface area (Å²) in [7, 11) is 2.66. The predicted molar refractivity (Wildman–Crippen MR) is 103 cm³/mol. The van der Waals surface area contributed by atoms with E-state index in [2.05, 4.69) is 4.98 Å². The van der Waals surface area contributed by atoms with Crippen LogP contribution in [0.4, 0.5) is 23.8 Å². The lowest BCUT2D eigenvalue weighted by molar-refractivity contribution is -0.0813. The van der Waals surface area contributed by atoms with Gasteiger partial charge < -0.3 is 14.5 Å². The van der Waals surface area contributed by atoms with Gasteiger partial charge in [0, 0.05) is 20.5 Å². The minimum absolute atomic E-state index is 0.194. The molecule has 0 spiro atoms. The lowest BCUT2D eigenvalue weighted by Gasteiger charge is -2.46. The van der Waals surface area contributed by atoms with Gasteiger partial charge in [0.15, 0.2) is 11.6 Å². The number of nitriles is 1. The highest BCUT2D eigenvalue weighted by Crippen LogP contribution is 2.40. The molecule has 160 valence electrons. The van der Waals surface area contributed by atoms with Crippen molar-refractivity contribution in [2.75, 3.05) is 19.0 Å². The van der Waals surface area contributed by atoms with Gasteiger partial charge >= 0.3 is 6.09 Å². The van der Waals surface area contributed by atoms with Crippen LogP contribution in [0.15, 0.2) is 6.07 Å². The molecule has 0 saturated heterocycles. The maximum absolute atomic E-state index is 14.9. The highest BCUT2D eigenvalue weighted by molar-refractivity contribution is 6.30. The molecule has 1 heterocycles. The molecule has 2 unspecified atom stereocenters. The molecule has 1 aromatic rings. The average Bonchev–Trinajstić information content (AvgIpc) is 2.59. The Morgan fingerprint density at radius 2 is 2.03 bits per heavy atom. The Hall–Kier alpha value is -2.21. The van der Waals surface area contributed by atoms with Crippen LogP contribution < -0.4 is 4.90 Å². The number of rotatable bonds is 3. The van der Waals surface area contributed by atoms with Crippen molar-refractivity contribution >= 4 is 23.5 Å². The van der Waals surface area contributed by atoms with Crippen LogP contribution in [0.3, 0.4) is 0 Å². The molecule has 0 aromatic carbocycles. The highest BCUT2D eigenvalue weighted by Gasteiger charge is 2.52. The van der Waals surface area contributed by atoms with Gasteiger partial charge in [0.25, 0.3) is 5.92 Å². The molecule has 1 amide bonds. The Kier molecular flexibility index (Phi) is 6.58. The third kappa shape index (κ3) is 5.04. The van der Waals surface area contributed by atoms with E-state index in [9.17, 15) is 18.0 Å². The lowest BCUT2D eigenvalue weighted by Crippen LogP contribution is -2.62. The van der Waals surface area contributed by atoms with E-state index in [1.54, 1.807) is 26.8 Å². The van der Waals surface area contributed by atoms with E-state index in [0.717, 1.165) is 15.9 Å². The fraction of sp³-hybridized carbons (Fsp3) is 0.632. The Morgan fingerprint density at radius 3 is 2.59 bits per heavy atom. The minimum Gasteiger partial charge on any atom is -0.444 e. The van der Waals surface area contributed by atoms with Gasteiger partial charge in [0.2, 0.25) is 0 Å². The summed E-state index contributed by atoms with van der Waals surface area (Å²) in [5.41, 5.74) is -0.989. The number of alkyl halides is 2. The van der Waals surface area contributed by atoms with Crippen molar-refractivity contribution in [1.82, 2.24) is 9.88 Å². The molecule has 1 aliphatic rings. The van der Waals surface area contributed by atoms with Crippen molar-refractivity contribution < 1.29 is 22.7 Å². The van der Waals surface area contributed by atoms with Crippen LogP contribution in [0, 0.1) is 17.1 Å². The Labute approximate surface area is 173 Å². The second-order valence-corrected chi connectivity index (χ2v) is 8.47. The summed E-state index contributed by atoms with van der Waals surface area (Å²) in [6, 6.07) is 0.0414. The largest absolute Gasteiger partial charge is 0.444 e. The molecule has 0 N–H and O–H groups in total. The van der Waals surface area contributed by atoms with Crippen LogP contribution in [-0.4, -0.2) is 53.7 Å². The molecule has 6 nitrogen and oxygen atoms in total. The van der Waals surface area contributed by atoms with Crippen molar-refractivity contribution in [3.63, 3.8) is 0 Å². The van der Waals surface area contributed by atoms with Gasteiger partial charge in [-0.3, -0.25) is 0 Å². The lowest BCUT2D eigenvalue weighted by atomic mass is 9.85. The number of carbonyl (C=O) groups is 1. The van der Waals surface area contributed by atoms with Crippen LogP contribution in [0.2, 0.25) is 5.15 Å². The first-order valence-electron chi connectivity index (χ1n) is 9.11.